The lowest BCUT2D eigenvalue weighted by molar-refractivity contribution is -0.384. The standard InChI is InChI=1S/C19H17N5O4S/c1-11-20-18-14-8-16(27-2)17(28-3)9-15(14)21-19(23(18)22-11)29-10-12-5-4-6-13(7-12)24(25)26/h4-9H,10H2,1-3H3. The molecule has 0 unspecified atom stereocenters. The van der Waals surface area contributed by atoms with Crippen LogP contribution < -0.4 is 9.47 Å². The van der Waals surface area contributed by atoms with Crippen molar-refractivity contribution in [1.29, 1.82) is 0 Å². The molecule has 148 valence electrons. The number of ether oxygens (including phenoxy) is 2. The van der Waals surface area contributed by atoms with Crippen LogP contribution in [0.4, 0.5) is 5.69 Å². The summed E-state index contributed by atoms with van der Waals surface area (Å²) in [6.45, 7) is 1.81. The van der Waals surface area contributed by atoms with Gasteiger partial charge in [-0.2, -0.15) is 4.52 Å². The Labute approximate surface area is 169 Å². The number of hydrogen-bond acceptors (Lipinski definition) is 8. The largest absolute Gasteiger partial charge is 0.493 e. The van der Waals surface area contributed by atoms with Crippen LogP contribution in [0.2, 0.25) is 0 Å². The minimum Gasteiger partial charge on any atom is -0.493 e. The van der Waals surface area contributed by atoms with Crippen LogP contribution in [0.5, 0.6) is 11.5 Å². The quantitative estimate of drug-likeness (QED) is 0.204. The van der Waals surface area contributed by atoms with Crippen LogP contribution in [0.1, 0.15) is 11.4 Å². The van der Waals surface area contributed by atoms with Gasteiger partial charge >= 0.3 is 0 Å². The zero-order valence-electron chi connectivity index (χ0n) is 15.9. The summed E-state index contributed by atoms with van der Waals surface area (Å²) in [6.07, 6.45) is 0. The molecule has 0 aliphatic heterocycles. The van der Waals surface area contributed by atoms with Crippen LogP contribution in [0.3, 0.4) is 0 Å². The summed E-state index contributed by atoms with van der Waals surface area (Å²) in [4.78, 5) is 19.9. The number of nitro groups is 1. The fourth-order valence-electron chi connectivity index (χ4n) is 3.01. The van der Waals surface area contributed by atoms with E-state index in [1.54, 1.807) is 36.9 Å². The zero-order valence-corrected chi connectivity index (χ0v) is 16.8. The van der Waals surface area contributed by atoms with Crippen LogP contribution in [0, 0.1) is 17.0 Å². The van der Waals surface area contributed by atoms with Crippen molar-refractivity contribution in [2.75, 3.05) is 14.2 Å². The van der Waals surface area contributed by atoms with Crippen molar-refractivity contribution in [3.05, 3.63) is 57.9 Å². The lowest BCUT2D eigenvalue weighted by Crippen LogP contribution is -2.00. The minimum atomic E-state index is -0.402. The molecule has 4 aromatic rings. The third-order valence-corrected chi connectivity index (χ3v) is 5.34. The molecule has 0 aliphatic rings. The second-order valence-corrected chi connectivity index (χ2v) is 7.17. The third-order valence-electron chi connectivity index (χ3n) is 4.34. The molecule has 2 aromatic carbocycles. The Morgan fingerprint density at radius 3 is 2.62 bits per heavy atom. The maximum absolute atomic E-state index is 11.0. The van der Waals surface area contributed by atoms with Crippen molar-refractivity contribution in [3.8, 4) is 11.5 Å². The number of hydrogen-bond donors (Lipinski definition) is 0. The molecule has 9 nitrogen and oxygen atoms in total. The predicted octanol–water partition coefficient (Wildman–Crippen LogP) is 3.80. The summed E-state index contributed by atoms with van der Waals surface area (Å²) in [5, 5.41) is 16.9. The van der Waals surface area contributed by atoms with E-state index in [0.717, 1.165) is 10.9 Å². The second kappa shape index (κ2) is 7.55. The van der Waals surface area contributed by atoms with E-state index in [0.29, 0.717) is 39.4 Å². The smallest absolute Gasteiger partial charge is 0.269 e. The molecule has 0 aliphatic carbocycles. The van der Waals surface area contributed by atoms with Crippen LogP contribution in [0.25, 0.3) is 16.6 Å². The Hall–Kier alpha value is -3.40. The lowest BCUT2D eigenvalue weighted by Gasteiger charge is -2.11. The molecule has 0 saturated heterocycles. The van der Waals surface area contributed by atoms with Gasteiger partial charge in [-0.25, -0.2) is 9.97 Å². The molecule has 0 bridgehead atoms. The van der Waals surface area contributed by atoms with Gasteiger partial charge < -0.3 is 9.47 Å². The Morgan fingerprint density at radius 2 is 1.90 bits per heavy atom. The van der Waals surface area contributed by atoms with E-state index < -0.39 is 4.92 Å². The zero-order chi connectivity index (χ0) is 20.5. The molecule has 29 heavy (non-hydrogen) atoms. The van der Waals surface area contributed by atoms with Gasteiger partial charge in [0.15, 0.2) is 22.3 Å². The molecule has 0 saturated carbocycles. The molecule has 0 N–H and O–H groups in total. The molecule has 4 rings (SSSR count). The van der Waals surface area contributed by atoms with Gasteiger partial charge in [0.1, 0.15) is 5.82 Å². The summed E-state index contributed by atoms with van der Waals surface area (Å²) < 4.78 is 12.5. The van der Waals surface area contributed by atoms with E-state index in [-0.39, 0.29) is 5.69 Å². The summed E-state index contributed by atoms with van der Waals surface area (Å²) in [7, 11) is 3.15. The van der Waals surface area contributed by atoms with Crippen molar-refractivity contribution in [3.63, 3.8) is 0 Å². The summed E-state index contributed by atoms with van der Waals surface area (Å²) in [5.41, 5.74) is 2.25. The van der Waals surface area contributed by atoms with Crippen molar-refractivity contribution in [1.82, 2.24) is 19.6 Å². The fourth-order valence-corrected chi connectivity index (χ4v) is 3.90. The van der Waals surface area contributed by atoms with E-state index >= 15 is 0 Å². The highest BCUT2D eigenvalue weighted by atomic mass is 32.2. The van der Waals surface area contributed by atoms with Gasteiger partial charge in [-0.05, 0) is 18.6 Å². The van der Waals surface area contributed by atoms with E-state index in [1.165, 1.54) is 17.8 Å². The average molecular weight is 411 g/mol. The topological polar surface area (TPSA) is 105 Å². The number of aromatic nitrogens is 4. The third kappa shape index (κ3) is 3.54. The maximum atomic E-state index is 11.0. The summed E-state index contributed by atoms with van der Waals surface area (Å²) >= 11 is 1.43. The first-order valence-corrected chi connectivity index (χ1v) is 9.64. The number of benzene rings is 2. The number of non-ortho nitro benzene ring substituents is 1. The first kappa shape index (κ1) is 18.9. The van der Waals surface area contributed by atoms with Crippen LogP contribution >= 0.6 is 11.8 Å². The normalized spacial score (nSPS) is 11.1. The van der Waals surface area contributed by atoms with Crippen molar-refractivity contribution >= 4 is 34.0 Å². The first-order valence-electron chi connectivity index (χ1n) is 8.65. The molecule has 2 aromatic heterocycles. The highest BCUT2D eigenvalue weighted by Gasteiger charge is 2.16. The number of thioether (sulfide) groups is 1. The van der Waals surface area contributed by atoms with Gasteiger partial charge in [0, 0.05) is 29.3 Å². The van der Waals surface area contributed by atoms with E-state index in [4.69, 9.17) is 14.5 Å². The van der Waals surface area contributed by atoms with Crippen LogP contribution in [-0.2, 0) is 5.75 Å². The Bertz CT molecular complexity index is 1240. The van der Waals surface area contributed by atoms with Gasteiger partial charge in [0.05, 0.1) is 24.7 Å². The van der Waals surface area contributed by atoms with E-state index in [2.05, 4.69) is 10.1 Å². The van der Waals surface area contributed by atoms with Gasteiger partial charge in [0.25, 0.3) is 5.69 Å². The molecule has 0 fully saturated rings. The lowest BCUT2D eigenvalue weighted by atomic mass is 10.2. The highest BCUT2D eigenvalue weighted by Crippen LogP contribution is 2.34. The summed E-state index contributed by atoms with van der Waals surface area (Å²) in [5.74, 6) is 2.27. The molecule has 0 atom stereocenters. The Balaban J connectivity index is 1.79. The van der Waals surface area contributed by atoms with Gasteiger partial charge in [0.2, 0.25) is 0 Å². The number of nitrogens with zero attached hydrogens (tertiary/aromatic N) is 5. The van der Waals surface area contributed by atoms with Gasteiger partial charge in [-0.3, -0.25) is 10.1 Å². The number of methoxy groups -OCH3 is 2. The van der Waals surface area contributed by atoms with E-state index in [9.17, 15) is 10.1 Å². The summed E-state index contributed by atoms with van der Waals surface area (Å²) in [6, 6.07) is 10.2. The number of nitro benzene ring substituents is 1. The van der Waals surface area contributed by atoms with Crippen LogP contribution in [0.15, 0.2) is 41.6 Å². The molecule has 10 heteroatoms. The second-order valence-electron chi connectivity index (χ2n) is 6.23. The van der Waals surface area contributed by atoms with Crippen molar-refractivity contribution in [2.45, 2.75) is 17.8 Å². The molecular formula is C19H17N5O4S. The molecule has 2 heterocycles. The van der Waals surface area contributed by atoms with Gasteiger partial charge in [-0.15, -0.1) is 5.10 Å². The Morgan fingerprint density at radius 1 is 1.14 bits per heavy atom. The molecule has 0 radical (unpaired) electrons. The molecule has 0 spiro atoms. The first-order chi connectivity index (χ1) is 14.0. The predicted molar refractivity (Wildman–Crippen MR) is 109 cm³/mol. The van der Waals surface area contributed by atoms with Crippen LogP contribution in [-0.4, -0.2) is 38.7 Å². The van der Waals surface area contributed by atoms with Crippen molar-refractivity contribution in [2.24, 2.45) is 0 Å². The SMILES string of the molecule is COc1cc2nc(SCc3cccc([N+](=O)[O-])c3)n3nc(C)nc3c2cc1OC. The number of rotatable bonds is 6. The molecule has 0 amide bonds. The van der Waals surface area contributed by atoms with E-state index in [1.807, 2.05) is 19.1 Å². The monoisotopic (exact) mass is 411 g/mol. The fraction of sp³-hybridized carbons (Fsp3) is 0.211. The average Bonchev–Trinajstić information content (AvgIpc) is 3.13. The Kier molecular flexibility index (Phi) is 4.93. The van der Waals surface area contributed by atoms with Crippen molar-refractivity contribution < 1.29 is 14.4 Å². The molecular weight excluding hydrogens is 394 g/mol. The number of aryl methyl sites for hydroxylation is 1. The highest BCUT2D eigenvalue weighted by molar-refractivity contribution is 7.98. The maximum Gasteiger partial charge on any atom is 0.269 e. The minimum absolute atomic E-state index is 0.0631. The number of fused-ring (bicyclic) bond motifs is 3. The van der Waals surface area contributed by atoms with Gasteiger partial charge in [-0.1, -0.05) is 23.9 Å².